The van der Waals surface area contributed by atoms with Crippen molar-refractivity contribution in [1.29, 1.82) is 0 Å². The molecule has 96 valence electrons. The van der Waals surface area contributed by atoms with E-state index in [0.717, 1.165) is 11.3 Å². The van der Waals surface area contributed by atoms with E-state index in [-0.39, 0.29) is 8.42 Å². The van der Waals surface area contributed by atoms with Crippen molar-refractivity contribution < 1.29 is 16.8 Å². The molecule has 2 rings (SSSR count). The molecule has 0 radical (unpaired) electrons. The van der Waals surface area contributed by atoms with Gasteiger partial charge in [0.05, 0.1) is 5.25 Å². The van der Waals surface area contributed by atoms with Crippen molar-refractivity contribution in [2.24, 2.45) is 5.14 Å². The molecule has 2 heterocycles. The van der Waals surface area contributed by atoms with E-state index in [1.165, 1.54) is 6.07 Å². The second kappa shape index (κ2) is 4.02. The van der Waals surface area contributed by atoms with Gasteiger partial charge in [0.2, 0.25) is 10.0 Å². The zero-order valence-electron chi connectivity index (χ0n) is 9.00. The Balaban J connectivity index is 2.66. The fourth-order valence-electron chi connectivity index (χ4n) is 1.59. The van der Waals surface area contributed by atoms with Crippen LogP contribution >= 0.6 is 11.3 Å². The first kappa shape index (κ1) is 13.0. The van der Waals surface area contributed by atoms with Crippen molar-refractivity contribution in [3.8, 4) is 0 Å². The molecule has 3 N–H and O–H groups in total. The van der Waals surface area contributed by atoms with Gasteiger partial charge in [-0.15, -0.1) is 11.3 Å². The zero-order chi connectivity index (χ0) is 12.8. The maximum atomic E-state index is 12.1. The summed E-state index contributed by atoms with van der Waals surface area (Å²) in [6, 6.07) is 1.33. The van der Waals surface area contributed by atoms with E-state index < -0.39 is 25.1 Å². The fraction of sp³-hybridized carbons (Fsp3) is 0.500. The summed E-state index contributed by atoms with van der Waals surface area (Å²) >= 11 is 0.725. The minimum absolute atomic E-state index is 0.109. The van der Waals surface area contributed by atoms with Crippen LogP contribution in [0.2, 0.25) is 0 Å². The van der Waals surface area contributed by atoms with Crippen molar-refractivity contribution in [3.63, 3.8) is 0 Å². The monoisotopic (exact) mass is 296 g/mol. The van der Waals surface area contributed by atoms with Gasteiger partial charge < -0.3 is 5.32 Å². The number of hydrogen-bond acceptors (Lipinski definition) is 6. The summed E-state index contributed by atoms with van der Waals surface area (Å²) in [6.45, 7) is 2.28. The molecule has 1 aromatic heterocycles. The lowest BCUT2D eigenvalue weighted by Crippen LogP contribution is -2.27. The van der Waals surface area contributed by atoms with Crippen molar-refractivity contribution >= 4 is 31.2 Å². The quantitative estimate of drug-likeness (QED) is 0.737. The second-order valence-corrected chi connectivity index (χ2v) is 9.31. The standard InChI is InChI=1S/C8H12N2O4S3/c1-5-3-10-4-6-2-7(17(9,13)14)15-8(6)16(5,11)12/h2,5,10H,3-4H2,1H3,(H2,9,13,14)/t5-/m0/s1. The molecule has 0 saturated heterocycles. The molecule has 0 bridgehead atoms. The minimum Gasteiger partial charge on any atom is -0.311 e. The third-order valence-electron chi connectivity index (χ3n) is 2.56. The Morgan fingerprint density at radius 1 is 1.53 bits per heavy atom. The lowest BCUT2D eigenvalue weighted by atomic mass is 10.3. The number of fused-ring (bicyclic) bond motifs is 1. The van der Waals surface area contributed by atoms with E-state index in [2.05, 4.69) is 5.32 Å². The normalized spacial score (nSPS) is 24.0. The van der Waals surface area contributed by atoms with Gasteiger partial charge in [-0.3, -0.25) is 0 Å². The zero-order valence-corrected chi connectivity index (χ0v) is 11.5. The summed E-state index contributed by atoms with van der Waals surface area (Å²) in [5.41, 5.74) is 0.475. The summed E-state index contributed by atoms with van der Waals surface area (Å²) in [5, 5.41) is 7.39. The Hall–Kier alpha value is -0.480. The molecule has 1 aromatic rings. The molecule has 0 aromatic carbocycles. The number of rotatable bonds is 1. The lowest BCUT2D eigenvalue weighted by molar-refractivity contribution is 0.581. The van der Waals surface area contributed by atoms with Crippen molar-refractivity contribution in [3.05, 3.63) is 11.6 Å². The Morgan fingerprint density at radius 2 is 2.18 bits per heavy atom. The number of sulfone groups is 1. The number of thiophene rings is 1. The first-order chi connectivity index (χ1) is 7.73. The van der Waals surface area contributed by atoms with Crippen LogP contribution in [-0.2, 0) is 26.4 Å². The number of sulfonamides is 1. The number of nitrogens with two attached hydrogens (primary N) is 1. The van der Waals surface area contributed by atoms with Crippen LogP contribution in [0.15, 0.2) is 14.5 Å². The average molecular weight is 296 g/mol. The molecule has 1 aliphatic rings. The van der Waals surface area contributed by atoms with Crippen LogP contribution in [0, 0.1) is 0 Å². The van der Waals surface area contributed by atoms with Crippen molar-refractivity contribution in [2.75, 3.05) is 6.54 Å². The summed E-state index contributed by atoms with van der Waals surface area (Å²) < 4.78 is 46.6. The Bertz CT molecular complexity index is 644. The Labute approximate surface area is 104 Å². The maximum absolute atomic E-state index is 12.1. The molecule has 0 fully saturated rings. The summed E-state index contributed by atoms with van der Waals surface area (Å²) in [4.78, 5) is 0. The van der Waals surface area contributed by atoms with E-state index >= 15 is 0 Å². The highest BCUT2D eigenvalue weighted by Gasteiger charge is 2.32. The van der Waals surface area contributed by atoms with Crippen molar-refractivity contribution in [1.82, 2.24) is 5.32 Å². The van der Waals surface area contributed by atoms with Crippen LogP contribution in [0.1, 0.15) is 12.5 Å². The largest absolute Gasteiger partial charge is 0.311 e. The predicted molar refractivity (Wildman–Crippen MR) is 64.0 cm³/mol. The third-order valence-corrected chi connectivity index (χ3v) is 7.91. The molecule has 1 aliphatic heterocycles. The Kier molecular flexibility index (Phi) is 3.07. The van der Waals surface area contributed by atoms with Crippen LogP contribution in [0.5, 0.6) is 0 Å². The molecule has 0 spiro atoms. The summed E-state index contributed by atoms with van der Waals surface area (Å²) in [5.74, 6) is 0. The maximum Gasteiger partial charge on any atom is 0.247 e. The van der Waals surface area contributed by atoms with Gasteiger partial charge in [0.1, 0.15) is 8.42 Å². The second-order valence-electron chi connectivity index (χ2n) is 3.91. The molecular weight excluding hydrogens is 284 g/mol. The highest BCUT2D eigenvalue weighted by atomic mass is 32.3. The fourth-order valence-corrected chi connectivity index (χ4v) is 5.85. The Morgan fingerprint density at radius 3 is 2.76 bits per heavy atom. The first-order valence-corrected chi connectivity index (χ1v) is 8.74. The third kappa shape index (κ3) is 2.25. The molecule has 1 atom stereocenters. The van der Waals surface area contributed by atoms with Crippen LogP contribution in [-0.4, -0.2) is 28.6 Å². The number of hydrogen-bond donors (Lipinski definition) is 2. The topological polar surface area (TPSA) is 106 Å². The highest BCUT2D eigenvalue weighted by Crippen LogP contribution is 2.33. The van der Waals surface area contributed by atoms with E-state index in [9.17, 15) is 16.8 Å². The van der Waals surface area contributed by atoms with Gasteiger partial charge >= 0.3 is 0 Å². The summed E-state index contributed by atoms with van der Waals surface area (Å²) in [6.07, 6.45) is 0. The van der Waals surface area contributed by atoms with Gasteiger partial charge in [0, 0.05) is 13.1 Å². The molecule has 0 unspecified atom stereocenters. The smallest absolute Gasteiger partial charge is 0.247 e. The highest BCUT2D eigenvalue weighted by molar-refractivity contribution is 7.95. The predicted octanol–water partition coefficient (Wildman–Crippen LogP) is -0.339. The molecule has 0 aliphatic carbocycles. The molecule has 6 nitrogen and oxygen atoms in total. The van der Waals surface area contributed by atoms with E-state index in [1.54, 1.807) is 6.92 Å². The van der Waals surface area contributed by atoms with Gasteiger partial charge in [-0.25, -0.2) is 22.0 Å². The van der Waals surface area contributed by atoms with Crippen LogP contribution in [0.4, 0.5) is 0 Å². The van der Waals surface area contributed by atoms with Gasteiger partial charge in [0.25, 0.3) is 0 Å². The van der Waals surface area contributed by atoms with Gasteiger partial charge in [-0.05, 0) is 18.6 Å². The summed E-state index contributed by atoms with van der Waals surface area (Å²) in [7, 11) is -7.31. The molecule has 0 amide bonds. The van der Waals surface area contributed by atoms with E-state index in [1.807, 2.05) is 0 Å². The molecule has 0 saturated carbocycles. The number of primary sulfonamides is 1. The van der Waals surface area contributed by atoms with E-state index in [4.69, 9.17) is 5.14 Å². The molecular formula is C8H12N2O4S3. The number of nitrogens with one attached hydrogen (secondary N) is 1. The average Bonchev–Trinajstić information content (AvgIpc) is 2.57. The first-order valence-electron chi connectivity index (χ1n) is 4.83. The molecule has 9 heteroatoms. The van der Waals surface area contributed by atoms with Gasteiger partial charge in [-0.1, -0.05) is 0 Å². The van der Waals surface area contributed by atoms with Crippen LogP contribution in [0.3, 0.4) is 0 Å². The minimum atomic E-state index is -3.85. The van der Waals surface area contributed by atoms with Gasteiger partial charge in [-0.2, -0.15) is 0 Å². The SMILES string of the molecule is C[C@H]1CNCc2cc(S(N)(=O)=O)sc2S1(=O)=O. The molecule has 17 heavy (non-hydrogen) atoms. The lowest BCUT2D eigenvalue weighted by Gasteiger charge is -2.07. The van der Waals surface area contributed by atoms with Crippen LogP contribution < -0.4 is 10.5 Å². The van der Waals surface area contributed by atoms with Crippen LogP contribution in [0.25, 0.3) is 0 Å². The van der Waals surface area contributed by atoms with E-state index in [0.29, 0.717) is 18.7 Å². The van der Waals surface area contributed by atoms with Gasteiger partial charge in [0.15, 0.2) is 9.84 Å². The van der Waals surface area contributed by atoms with Crippen molar-refractivity contribution in [2.45, 2.75) is 27.1 Å².